The molecule has 0 aliphatic rings. The molecule has 0 saturated carbocycles. The highest BCUT2D eigenvalue weighted by Crippen LogP contribution is 2.16. The van der Waals surface area contributed by atoms with E-state index in [-0.39, 0.29) is 18.9 Å². The van der Waals surface area contributed by atoms with Gasteiger partial charge in [-0.2, -0.15) is 0 Å². The molecule has 3 aromatic rings. The summed E-state index contributed by atoms with van der Waals surface area (Å²) in [6, 6.07) is 11.1. The Bertz CT molecular complexity index is 816. The third kappa shape index (κ3) is 4.63. The van der Waals surface area contributed by atoms with Crippen LogP contribution in [0.25, 0.3) is 11.5 Å². The number of benzene rings is 1. The Kier molecular flexibility index (Phi) is 5.36. The minimum absolute atomic E-state index is 0.120. The first kappa shape index (κ1) is 16.6. The maximum atomic E-state index is 12.0. The Morgan fingerprint density at radius 2 is 2.04 bits per heavy atom. The molecule has 0 aliphatic heterocycles. The topological polar surface area (TPSA) is 90.1 Å². The molecule has 0 fully saturated rings. The fourth-order valence-corrected chi connectivity index (χ4v) is 2.22. The lowest BCUT2D eigenvalue weighted by molar-refractivity contribution is -0.120. The molecule has 0 radical (unpaired) electrons. The molecule has 2 aromatic heterocycles. The third-order valence-electron chi connectivity index (χ3n) is 3.41. The molecule has 128 valence electrons. The molecule has 25 heavy (non-hydrogen) atoms. The van der Waals surface area contributed by atoms with Gasteiger partial charge in [-0.3, -0.25) is 9.78 Å². The van der Waals surface area contributed by atoms with Crippen molar-refractivity contribution in [2.75, 3.05) is 6.61 Å². The van der Waals surface area contributed by atoms with E-state index in [0.29, 0.717) is 18.4 Å². The van der Waals surface area contributed by atoms with Gasteiger partial charge < -0.3 is 14.5 Å². The summed E-state index contributed by atoms with van der Waals surface area (Å²) in [6.45, 7) is 2.73. The average molecular weight is 338 g/mol. The second-order valence-corrected chi connectivity index (χ2v) is 5.27. The zero-order chi connectivity index (χ0) is 17.5. The maximum absolute atomic E-state index is 12.0. The van der Waals surface area contributed by atoms with Crippen molar-refractivity contribution in [3.8, 4) is 17.2 Å². The molecular weight excluding hydrogens is 320 g/mol. The highest BCUT2D eigenvalue weighted by atomic mass is 16.5. The summed E-state index contributed by atoms with van der Waals surface area (Å²) >= 11 is 0. The largest absolute Gasteiger partial charge is 0.494 e. The van der Waals surface area contributed by atoms with Crippen molar-refractivity contribution >= 4 is 5.91 Å². The molecule has 1 amide bonds. The normalized spacial score (nSPS) is 10.4. The Balaban J connectivity index is 1.51. The van der Waals surface area contributed by atoms with Gasteiger partial charge in [-0.15, -0.1) is 10.2 Å². The lowest BCUT2D eigenvalue weighted by atomic mass is 10.1. The number of rotatable bonds is 7. The van der Waals surface area contributed by atoms with Gasteiger partial charge in [0.2, 0.25) is 17.7 Å². The van der Waals surface area contributed by atoms with Crippen molar-refractivity contribution in [3.05, 3.63) is 60.2 Å². The van der Waals surface area contributed by atoms with E-state index in [2.05, 4.69) is 20.5 Å². The molecule has 0 atom stereocenters. The van der Waals surface area contributed by atoms with Gasteiger partial charge >= 0.3 is 0 Å². The Morgan fingerprint density at radius 3 is 2.76 bits per heavy atom. The molecule has 1 N–H and O–H groups in total. The zero-order valence-electron chi connectivity index (χ0n) is 13.8. The average Bonchev–Trinajstić information content (AvgIpc) is 3.12. The highest BCUT2D eigenvalue weighted by molar-refractivity contribution is 5.78. The predicted octanol–water partition coefficient (Wildman–Crippen LogP) is 2.39. The van der Waals surface area contributed by atoms with E-state index in [1.54, 1.807) is 18.5 Å². The number of nitrogens with zero attached hydrogens (tertiary/aromatic N) is 3. The molecule has 0 saturated heterocycles. The number of carbonyl (C=O) groups excluding carboxylic acids is 1. The van der Waals surface area contributed by atoms with Gasteiger partial charge in [-0.05, 0) is 36.8 Å². The molecule has 7 heteroatoms. The summed E-state index contributed by atoms with van der Waals surface area (Å²) in [5, 5.41) is 10.7. The molecular formula is C18H18N4O3. The van der Waals surface area contributed by atoms with Gasteiger partial charge in [0.25, 0.3) is 0 Å². The minimum Gasteiger partial charge on any atom is -0.494 e. The van der Waals surface area contributed by atoms with E-state index in [0.717, 1.165) is 16.9 Å². The summed E-state index contributed by atoms with van der Waals surface area (Å²) in [7, 11) is 0. The van der Waals surface area contributed by atoms with Crippen LogP contribution in [0.2, 0.25) is 0 Å². The number of hydrogen-bond acceptors (Lipinski definition) is 6. The number of aromatic nitrogens is 3. The monoisotopic (exact) mass is 338 g/mol. The molecule has 0 bridgehead atoms. The lowest BCUT2D eigenvalue weighted by Crippen LogP contribution is -2.24. The van der Waals surface area contributed by atoms with Gasteiger partial charge in [0, 0.05) is 12.4 Å². The quantitative estimate of drug-likeness (QED) is 0.711. The molecule has 0 unspecified atom stereocenters. The summed E-state index contributed by atoms with van der Waals surface area (Å²) in [4.78, 5) is 16.0. The number of carbonyl (C=O) groups is 1. The second-order valence-electron chi connectivity index (χ2n) is 5.27. The standard InChI is InChI=1S/C18H18N4O3/c1-2-24-15-7-5-13(6-8-15)10-16(23)20-12-17-21-22-18(25-17)14-4-3-9-19-11-14/h3-9,11H,2,10,12H2,1H3,(H,20,23). The number of nitrogens with one attached hydrogen (secondary N) is 1. The number of pyridine rings is 1. The molecule has 1 aromatic carbocycles. The van der Waals surface area contributed by atoms with E-state index in [1.807, 2.05) is 37.3 Å². The van der Waals surface area contributed by atoms with E-state index in [9.17, 15) is 4.79 Å². The first-order chi connectivity index (χ1) is 12.2. The van der Waals surface area contributed by atoms with Crippen LogP contribution in [-0.4, -0.2) is 27.7 Å². The zero-order valence-corrected chi connectivity index (χ0v) is 13.8. The minimum atomic E-state index is -0.120. The number of hydrogen-bond donors (Lipinski definition) is 1. The van der Waals surface area contributed by atoms with Crippen LogP contribution in [0.3, 0.4) is 0 Å². The van der Waals surface area contributed by atoms with Crippen molar-refractivity contribution in [1.29, 1.82) is 0 Å². The van der Waals surface area contributed by atoms with Crippen molar-refractivity contribution in [2.24, 2.45) is 0 Å². The first-order valence-electron chi connectivity index (χ1n) is 7.96. The molecule has 0 spiro atoms. The fraction of sp³-hybridized carbons (Fsp3) is 0.222. The van der Waals surface area contributed by atoms with E-state index in [1.165, 1.54) is 0 Å². The van der Waals surface area contributed by atoms with E-state index >= 15 is 0 Å². The summed E-state index contributed by atoms with van der Waals surface area (Å²) in [5.41, 5.74) is 1.64. The van der Waals surface area contributed by atoms with E-state index in [4.69, 9.17) is 9.15 Å². The summed E-state index contributed by atoms with van der Waals surface area (Å²) < 4.78 is 10.9. The fourth-order valence-electron chi connectivity index (χ4n) is 2.22. The summed E-state index contributed by atoms with van der Waals surface area (Å²) in [6.07, 6.45) is 3.58. The Labute approximate surface area is 145 Å². The van der Waals surface area contributed by atoms with Crippen LogP contribution in [0.1, 0.15) is 18.4 Å². The van der Waals surface area contributed by atoms with Crippen LogP contribution in [-0.2, 0) is 17.8 Å². The van der Waals surface area contributed by atoms with Crippen LogP contribution >= 0.6 is 0 Å². The second kappa shape index (κ2) is 8.05. The van der Waals surface area contributed by atoms with Crippen molar-refractivity contribution < 1.29 is 13.9 Å². The Morgan fingerprint density at radius 1 is 1.20 bits per heavy atom. The van der Waals surface area contributed by atoms with Crippen LogP contribution < -0.4 is 10.1 Å². The Hall–Kier alpha value is -3.22. The van der Waals surface area contributed by atoms with Crippen LogP contribution in [0, 0.1) is 0 Å². The van der Waals surface area contributed by atoms with Crippen molar-refractivity contribution in [1.82, 2.24) is 20.5 Å². The number of ether oxygens (including phenoxy) is 1. The molecule has 7 nitrogen and oxygen atoms in total. The maximum Gasteiger partial charge on any atom is 0.249 e. The van der Waals surface area contributed by atoms with Crippen LogP contribution in [0.15, 0.2) is 53.2 Å². The molecule has 0 aliphatic carbocycles. The predicted molar refractivity (Wildman–Crippen MR) is 90.7 cm³/mol. The van der Waals surface area contributed by atoms with E-state index < -0.39 is 0 Å². The summed E-state index contributed by atoms with van der Waals surface area (Å²) in [5.74, 6) is 1.40. The molecule has 2 heterocycles. The first-order valence-corrected chi connectivity index (χ1v) is 7.96. The third-order valence-corrected chi connectivity index (χ3v) is 3.41. The SMILES string of the molecule is CCOc1ccc(CC(=O)NCc2nnc(-c3cccnc3)o2)cc1. The van der Waals surface area contributed by atoms with Crippen LogP contribution in [0.5, 0.6) is 5.75 Å². The van der Waals surface area contributed by atoms with Gasteiger partial charge in [-0.25, -0.2) is 0 Å². The highest BCUT2D eigenvalue weighted by Gasteiger charge is 2.10. The van der Waals surface area contributed by atoms with Gasteiger partial charge in [-0.1, -0.05) is 12.1 Å². The molecule has 3 rings (SSSR count). The van der Waals surface area contributed by atoms with Gasteiger partial charge in [0.15, 0.2) is 0 Å². The van der Waals surface area contributed by atoms with Crippen molar-refractivity contribution in [2.45, 2.75) is 19.9 Å². The van der Waals surface area contributed by atoms with Gasteiger partial charge in [0.1, 0.15) is 5.75 Å². The van der Waals surface area contributed by atoms with Crippen LogP contribution in [0.4, 0.5) is 0 Å². The number of amides is 1. The smallest absolute Gasteiger partial charge is 0.249 e. The van der Waals surface area contributed by atoms with Gasteiger partial charge in [0.05, 0.1) is 25.1 Å². The van der Waals surface area contributed by atoms with Crippen molar-refractivity contribution in [3.63, 3.8) is 0 Å². The lowest BCUT2D eigenvalue weighted by Gasteiger charge is -2.05.